The van der Waals surface area contributed by atoms with Crippen LogP contribution in [0, 0.1) is 0 Å². The molecule has 2 rings (SSSR count). The van der Waals surface area contributed by atoms with E-state index in [9.17, 15) is 0 Å². The summed E-state index contributed by atoms with van der Waals surface area (Å²) in [4.78, 5) is 21.1. The molecule has 0 aliphatic rings. The maximum atomic E-state index is 5.49. The first-order chi connectivity index (χ1) is 10.3. The molecule has 8 nitrogen and oxygen atoms in total. The van der Waals surface area contributed by atoms with Gasteiger partial charge in [-0.1, -0.05) is 6.92 Å². The van der Waals surface area contributed by atoms with E-state index in [4.69, 9.17) is 9.47 Å². The number of aromatic nitrogens is 5. The SMILES string of the molecule is CCCOc1nc(NCC)nc(-c2nccnc2OC)n1. The Morgan fingerprint density at radius 1 is 1.10 bits per heavy atom. The number of ether oxygens (including phenoxy) is 2. The number of methoxy groups -OCH3 is 1. The number of rotatable bonds is 7. The van der Waals surface area contributed by atoms with Gasteiger partial charge in [-0.05, 0) is 13.3 Å². The van der Waals surface area contributed by atoms with Gasteiger partial charge in [0.15, 0.2) is 11.5 Å². The van der Waals surface area contributed by atoms with Gasteiger partial charge in [0, 0.05) is 18.9 Å². The Balaban J connectivity index is 2.43. The fourth-order valence-corrected chi connectivity index (χ4v) is 1.59. The van der Waals surface area contributed by atoms with Gasteiger partial charge in [0.1, 0.15) is 0 Å². The van der Waals surface area contributed by atoms with Crippen LogP contribution in [0.2, 0.25) is 0 Å². The molecule has 0 bridgehead atoms. The van der Waals surface area contributed by atoms with Gasteiger partial charge in [-0.25, -0.2) is 9.97 Å². The van der Waals surface area contributed by atoms with E-state index < -0.39 is 0 Å². The molecule has 0 atom stereocenters. The van der Waals surface area contributed by atoms with Crippen LogP contribution in [-0.2, 0) is 0 Å². The summed E-state index contributed by atoms with van der Waals surface area (Å²) in [5.41, 5.74) is 0.447. The molecule has 112 valence electrons. The zero-order valence-corrected chi connectivity index (χ0v) is 12.3. The predicted molar refractivity (Wildman–Crippen MR) is 77.4 cm³/mol. The van der Waals surface area contributed by atoms with E-state index in [0.717, 1.165) is 6.42 Å². The Morgan fingerprint density at radius 2 is 1.90 bits per heavy atom. The molecule has 8 heteroatoms. The van der Waals surface area contributed by atoms with E-state index in [0.29, 0.717) is 36.5 Å². The second kappa shape index (κ2) is 7.32. The Bertz CT molecular complexity index is 593. The molecule has 0 aliphatic carbocycles. The van der Waals surface area contributed by atoms with Crippen LogP contribution in [0.4, 0.5) is 5.95 Å². The number of anilines is 1. The molecule has 0 spiro atoms. The minimum atomic E-state index is 0.255. The average Bonchev–Trinajstić information content (AvgIpc) is 2.53. The van der Waals surface area contributed by atoms with Gasteiger partial charge >= 0.3 is 6.01 Å². The van der Waals surface area contributed by atoms with Crippen molar-refractivity contribution in [1.29, 1.82) is 0 Å². The second-order valence-corrected chi connectivity index (χ2v) is 4.06. The number of nitrogens with one attached hydrogen (secondary N) is 1. The Hall–Kier alpha value is -2.51. The highest BCUT2D eigenvalue weighted by atomic mass is 16.5. The molecular formula is C13H18N6O2. The third-order valence-corrected chi connectivity index (χ3v) is 2.45. The third-order valence-electron chi connectivity index (χ3n) is 2.45. The smallest absolute Gasteiger partial charge is 0.321 e. The van der Waals surface area contributed by atoms with Crippen molar-refractivity contribution in [3.05, 3.63) is 12.4 Å². The van der Waals surface area contributed by atoms with Crippen molar-refractivity contribution >= 4 is 5.95 Å². The van der Waals surface area contributed by atoms with Crippen LogP contribution in [-0.4, -0.2) is 45.2 Å². The van der Waals surface area contributed by atoms with Crippen molar-refractivity contribution in [1.82, 2.24) is 24.9 Å². The summed E-state index contributed by atoms with van der Waals surface area (Å²) >= 11 is 0. The summed E-state index contributed by atoms with van der Waals surface area (Å²) in [5, 5.41) is 3.04. The number of nitrogens with zero attached hydrogens (tertiary/aromatic N) is 5. The third kappa shape index (κ3) is 3.74. The lowest BCUT2D eigenvalue weighted by molar-refractivity contribution is 0.292. The minimum absolute atomic E-state index is 0.255. The first-order valence-corrected chi connectivity index (χ1v) is 6.76. The molecule has 0 unspecified atom stereocenters. The molecule has 0 fully saturated rings. The monoisotopic (exact) mass is 290 g/mol. The zero-order chi connectivity index (χ0) is 15.1. The van der Waals surface area contributed by atoms with Gasteiger partial charge in [0.2, 0.25) is 11.8 Å². The van der Waals surface area contributed by atoms with Crippen molar-refractivity contribution in [2.45, 2.75) is 20.3 Å². The molecule has 2 aromatic heterocycles. The molecule has 0 aliphatic heterocycles. The largest absolute Gasteiger partial charge is 0.479 e. The fraction of sp³-hybridized carbons (Fsp3) is 0.462. The Labute approximate surface area is 123 Å². The van der Waals surface area contributed by atoms with E-state index >= 15 is 0 Å². The molecule has 0 amide bonds. The van der Waals surface area contributed by atoms with Gasteiger partial charge in [-0.15, -0.1) is 0 Å². The van der Waals surface area contributed by atoms with Crippen molar-refractivity contribution in [3.63, 3.8) is 0 Å². The zero-order valence-electron chi connectivity index (χ0n) is 12.3. The summed E-state index contributed by atoms with van der Waals surface area (Å²) < 4.78 is 10.7. The molecule has 0 radical (unpaired) electrons. The van der Waals surface area contributed by atoms with Gasteiger partial charge in [0.25, 0.3) is 0 Å². The quantitative estimate of drug-likeness (QED) is 0.820. The van der Waals surface area contributed by atoms with E-state index in [1.165, 1.54) is 7.11 Å². The lowest BCUT2D eigenvalue weighted by Crippen LogP contribution is -2.09. The first-order valence-electron chi connectivity index (χ1n) is 6.76. The molecule has 21 heavy (non-hydrogen) atoms. The van der Waals surface area contributed by atoms with Gasteiger partial charge < -0.3 is 14.8 Å². The van der Waals surface area contributed by atoms with E-state index in [1.54, 1.807) is 12.4 Å². The van der Waals surface area contributed by atoms with Crippen molar-refractivity contribution < 1.29 is 9.47 Å². The fourth-order valence-electron chi connectivity index (χ4n) is 1.59. The summed E-state index contributed by atoms with van der Waals surface area (Å²) in [6, 6.07) is 0.255. The van der Waals surface area contributed by atoms with Crippen LogP contribution in [0.15, 0.2) is 12.4 Å². The van der Waals surface area contributed by atoms with Crippen LogP contribution in [0.1, 0.15) is 20.3 Å². The van der Waals surface area contributed by atoms with Gasteiger partial charge in [-0.3, -0.25) is 0 Å². The highest BCUT2D eigenvalue weighted by Gasteiger charge is 2.15. The molecule has 0 aromatic carbocycles. The van der Waals surface area contributed by atoms with Crippen LogP contribution in [0.5, 0.6) is 11.9 Å². The van der Waals surface area contributed by atoms with E-state index in [-0.39, 0.29) is 6.01 Å². The summed E-state index contributed by atoms with van der Waals surface area (Å²) in [6.07, 6.45) is 3.97. The summed E-state index contributed by atoms with van der Waals surface area (Å²) in [6.45, 7) is 5.19. The van der Waals surface area contributed by atoms with Crippen LogP contribution in [0.3, 0.4) is 0 Å². The van der Waals surface area contributed by atoms with Gasteiger partial charge in [0.05, 0.1) is 13.7 Å². The lowest BCUT2D eigenvalue weighted by Gasteiger charge is -2.09. The minimum Gasteiger partial charge on any atom is -0.479 e. The Morgan fingerprint density at radius 3 is 2.62 bits per heavy atom. The van der Waals surface area contributed by atoms with Gasteiger partial charge in [-0.2, -0.15) is 15.0 Å². The predicted octanol–water partition coefficient (Wildman–Crippen LogP) is 1.56. The molecule has 1 N–H and O–H groups in total. The normalized spacial score (nSPS) is 10.2. The van der Waals surface area contributed by atoms with Crippen molar-refractivity contribution in [3.8, 4) is 23.4 Å². The highest BCUT2D eigenvalue weighted by molar-refractivity contribution is 5.57. The van der Waals surface area contributed by atoms with Crippen molar-refractivity contribution in [2.75, 3.05) is 25.6 Å². The molecule has 0 saturated carbocycles. The summed E-state index contributed by atoms with van der Waals surface area (Å²) in [5.74, 6) is 1.14. The first kappa shape index (κ1) is 14.9. The number of hydrogen-bond donors (Lipinski definition) is 1. The maximum absolute atomic E-state index is 5.49. The van der Waals surface area contributed by atoms with Crippen molar-refractivity contribution in [2.24, 2.45) is 0 Å². The topological polar surface area (TPSA) is 94.9 Å². The highest BCUT2D eigenvalue weighted by Crippen LogP contribution is 2.23. The molecule has 2 heterocycles. The van der Waals surface area contributed by atoms with Crippen LogP contribution in [0.25, 0.3) is 11.5 Å². The maximum Gasteiger partial charge on any atom is 0.321 e. The Kier molecular flexibility index (Phi) is 5.19. The lowest BCUT2D eigenvalue weighted by atomic mass is 10.4. The standard InChI is InChI=1S/C13H18N6O2/c1-4-8-21-13-18-10(17-12(19-13)14-5-2)9-11(20-3)16-7-6-15-9/h6-7H,4-5,8H2,1-3H3,(H,14,17,18,19). The number of hydrogen-bond acceptors (Lipinski definition) is 8. The van der Waals surface area contributed by atoms with Crippen LogP contribution < -0.4 is 14.8 Å². The molecule has 2 aromatic rings. The second-order valence-electron chi connectivity index (χ2n) is 4.06. The van der Waals surface area contributed by atoms with Crippen LogP contribution >= 0.6 is 0 Å². The summed E-state index contributed by atoms with van der Waals surface area (Å²) in [7, 11) is 1.52. The van der Waals surface area contributed by atoms with E-state index in [2.05, 4.69) is 30.2 Å². The van der Waals surface area contributed by atoms with E-state index in [1.807, 2.05) is 13.8 Å². The molecular weight excluding hydrogens is 272 g/mol. The molecule has 0 saturated heterocycles. The average molecular weight is 290 g/mol.